The first kappa shape index (κ1) is 16.2. The Labute approximate surface area is 143 Å². The van der Waals surface area contributed by atoms with Crippen molar-refractivity contribution in [1.82, 2.24) is 9.88 Å². The number of rotatable bonds is 3. The summed E-state index contributed by atoms with van der Waals surface area (Å²) >= 11 is 7.33. The van der Waals surface area contributed by atoms with Gasteiger partial charge in [-0.2, -0.15) is 0 Å². The van der Waals surface area contributed by atoms with Crippen LogP contribution in [0.4, 0.5) is 5.13 Å². The Morgan fingerprint density at radius 1 is 1.30 bits per heavy atom. The van der Waals surface area contributed by atoms with Crippen LogP contribution in [0.3, 0.4) is 0 Å². The maximum Gasteiger partial charge on any atom is 0.245 e. The van der Waals surface area contributed by atoms with Gasteiger partial charge >= 0.3 is 0 Å². The first-order valence-electron chi connectivity index (χ1n) is 7.75. The van der Waals surface area contributed by atoms with Crippen LogP contribution in [-0.2, 0) is 9.59 Å². The molecule has 2 aromatic rings. The molecule has 1 N–H and O–H groups in total. The largest absolute Gasteiger partial charge is 0.333 e. The number of carbonyl (C=O) groups is 2. The molecule has 3 rings (SSSR count). The van der Waals surface area contributed by atoms with Crippen molar-refractivity contribution in [2.75, 3.05) is 18.4 Å². The maximum absolute atomic E-state index is 12.2. The molecule has 0 radical (unpaired) electrons. The number of hydrogen-bond donors (Lipinski definition) is 1. The van der Waals surface area contributed by atoms with E-state index in [0.717, 1.165) is 35.9 Å². The van der Waals surface area contributed by atoms with Gasteiger partial charge in [0.2, 0.25) is 11.8 Å². The molecule has 1 aromatic heterocycles. The number of halogens is 1. The lowest BCUT2D eigenvalue weighted by molar-refractivity contribution is -0.135. The van der Waals surface area contributed by atoms with Gasteiger partial charge in [-0.05, 0) is 31.0 Å². The number of amides is 2. The summed E-state index contributed by atoms with van der Waals surface area (Å²) in [6.07, 6.45) is 4.62. The van der Waals surface area contributed by atoms with Crippen molar-refractivity contribution in [2.24, 2.45) is 0 Å². The van der Waals surface area contributed by atoms with Crippen LogP contribution in [0.5, 0.6) is 0 Å². The first-order chi connectivity index (χ1) is 11.1. The van der Waals surface area contributed by atoms with E-state index in [1.54, 1.807) is 11.0 Å². The van der Waals surface area contributed by atoms with Gasteiger partial charge in [-0.25, -0.2) is 4.98 Å². The Morgan fingerprint density at radius 2 is 2.13 bits per heavy atom. The van der Waals surface area contributed by atoms with Crippen LogP contribution in [-0.4, -0.2) is 34.8 Å². The molecule has 1 fully saturated rings. The molecule has 0 saturated carbocycles. The monoisotopic (exact) mass is 351 g/mol. The van der Waals surface area contributed by atoms with E-state index in [0.29, 0.717) is 23.1 Å². The fourth-order valence-electron chi connectivity index (χ4n) is 2.67. The van der Waals surface area contributed by atoms with Gasteiger partial charge in [-0.3, -0.25) is 9.59 Å². The highest BCUT2D eigenvalue weighted by Crippen LogP contribution is 2.28. The van der Waals surface area contributed by atoms with Gasteiger partial charge in [0.1, 0.15) is 0 Å². The van der Waals surface area contributed by atoms with Crippen LogP contribution >= 0.6 is 22.9 Å². The van der Waals surface area contributed by atoms with Crippen LogP contribution in [0.15, 0.2) is 18.2 Å². The van der Waals surface area contributed by atoms with Gasteiger partial charge in [-0.1, -0.05) is 35.8 Å². The number of fused-ring (bicyclic) bond motifs is 1. The molecular formula is C16H18ClN3O2S. The van der Waals surface area contributed by atoms with Crippen molar-refractivity contribution in [1.29, 1.82) is 0 Å². The number of aromatic nitrogens is 1. The van der Waals surface area contributed by atoms with Crippen LogP contribution in [0, 0.1) is 0 Å². The predicted molar refractivity (Wildman–Crippen MR) is 92.9 cm³/mol. The smallest absolute Gasteiger partial charge is 0.245 e. The molecular weight excluding hydrogens is 334 g/mol. The molecule has 0 spiro atoms. The third kappa shape index (κ3) is 4.20. The molecule has 23 heavy (non-hydrogen) atoms. The van der Waals surface area contributed by atoms with Gasteiger partial charge in [-0.15, -0.1) is 0 Å². The zero-order valence-corrected chi connectivity index (χ0v) is 14.3. The second-order valence-corrected chi connectivity index (χ2v) is 7.13. The Kier molecular flexibility index (Phi) is 5.13. The van der Waals surface area contributed by atoms with E-state index < -0.39 is 0 Å². The molecule has 1 aromatic carbocycles. The van der Waals surface area contributed by atoms with Crippen molar-refractivity contribution in [3.8, 4) is 0 Å². The van der Waals surface area contributed by atoms with Crippen molar-refractivity contribution < 1.29 is 9.59 Å². The standard InChI is InChI=1S/C16H18ClN3O2S/c17-11-6-7-12-13(9-11)23-16(18-12)19-14(21)10-20-8-4-2-1-3-5-15(20)22/h6-7,9H,1-5,8,10H2,(H,18,19,21). The molecule has 0 aliphatic carbocycles. The predicted octanol–water partition coefficient (Wildman–Crippen LogP) is 3.68. The van der Waals surface area contributed by atoms with E-state index in [1.807, 2.05) is 12.1 Å². The highest BCUT2D eigenvalue weighted by Gasteiger charge is 2.19. The summed E-state index contributed by atoms with van der Waals surface area (Å²) in [6, 6.07) is 5.42. The number of anilines is 1. The normalized spacial score (nSPS) is 16.2. The highest BCUT2D eigenvalue weighted by atomic mass is 35.5. The van der Waals surface area contributed by atoms with Gasteiger partial charge < -0.3 is 10.2 Å². The summed E-state index contributed by atoms with van der Waals surface area (Å²) in [5, 5.41) is 3.96. The number of benzene rings is 1. The fourth-order valence-corrected chi connectivity index (χ4v) is 3.82. The molecule has 1 aliphatic heterocycles. The van der Waals surface area contributed by atoms with E-state index in [4.69, 9.17) is 11.6 Å². The lowest BCUT2D eigenvalue weighted by Crippen LogP contribution is -2.39. The number of likely N-dealkylation sites (tertiary alicyclic amines) is 1. The van der Waals surface area contributed by atoms with Gasteiger partial charge in [0.25, 0.3) is 0 Å². The maximum atomic E-state index is 12.2. The SMILES string of the molecule is O=C(CN1CCCCCCC1=O)Nc1nc2ccc(Cl)cc2s1. The van der Waals surface area contributed by atoms with E-state index in [2.05, 4.69) is 10.3 Å². The van der Waals surface area contributed by atoms with Crippen LogP contribution in [0.2, 0.25) is 5.02 Å². The van der Waals surface area contributed by atoms with E-state index in [1.165, 1.54) is 11.3 Å². The number of hydrogen-bond acceptors (Lipinski definition) is 4. The third-order valence-corrected chi connectivity index (χ3v) is 5.02. The Balaban J connectivity index is 1.64. The summed E-state index contributed by atoms with van der Waals surface area (Å²) in [5.41, 5.74) is 0.803. The second-order valence-electron chi connectivity index (χ2n) is 5.66. The topological polar surface area (TPSA) is 62.3 Å². The summed E-state index contributed by atoms with van der Waals surface area (Å²) in [6.45, 7) is 0.747. The molecule has 7 heteroatoms. The number of carbonyl (C=O) groups excluding carboxylic acids is 2. The highest BCUT2D eigenvalue weighted by molar-refractivity contribution is 7.22. The molecule has 0 atom stereocenters. The van der Waals surface area contributed by atoms with E-state index in [-0.39, 0.29) is 18.4 Å². The fraction of sp³-hybridized carbons (Fsp3) is 0.438. The van der Waals surface area contributed by atoms with Gasteiger partial charge in [0.15, 0.2) is 5.13 Å². The molecule has 5 nitrogen and oxygen atoms in total. The Morgan fingerprint density at radius 3 is 3.00 bits per heavy atom. The number of thiazole rings is 1. The summed E-state index contributed by atoms with van der Waals surface area (Å²) in [5.74, 6) is -0.139. The van der Waals surface area contributed by atoms with Crippen LogP contribution in [0.1, 0.15) is 32.1 Å². The van der Waals surface area contributed by atoms with Gasteiger partial charge in [0.05, 0.1) is 16.8 Å². The van der Waals surface area contributed by atoms with Crippen molar-refractivity contribution in [3.05, 3.63) is 23.2 Å². The van der Waals surface area contributed by atoms with Gasteiger partial charge in [0, 0.05) is 18.0 Å². The van der Waals surface area contributed by atoms with E-state index in [9.17, 15) is 9.59 Å². The molecule has 2 amide bonds. The third-order valence-electron chi connectivity index (χ3n) is 3.85. The lowest BCUT2D eigenvalue weighted by atomic mass is 10.1. The summed E-state index contributed by atoms with van der Waals surface area (Å²) < 4.78 is 0.926. The Hall–Kier alpha value is -1.66. The average Bonchev–Trinajstić information content (AvgIpc) is 2.88. The second kappa shape index (κ2) is 7.27. The quantitative estimate of drug-likeness (QED) is 0.917. The van der Waals surface area contributed by atoms with Crippen molar-refractivity contribution in [3.63, 3.8) is 0 Å². The molecule has 1 saturated heterocycles. The lowest BCUT2D eigenvalue weighted by Gasteiger charge is -2.23. The minimum absolute atomic E-state index is 0.0657. The van der Waals surface area contributed by atoms with Crippen molar-refractivity contribution >= 4 is 50.1 Å². The first-order valence-corrected chi connectivity index (χ1v) is 8.95. The minimum Gasteiger partial charge on any atom is -0.333 e. The Bertz CT molecular complexity index is 731. The number of nitrogens with one attached hydrogen (secondary N) is 1. The average molecular weight is 352 g/mol. The molecule has 1 aliphatic rings. The van der Waals surface area contributed by atoms with E-state index >= 15 is 0 Å². The van der Waals surface area contributed by atoms with Crippen molar-refractivity contribution in [2.45, 2.75) is 32.1 Å². The molecule has 0 bridgehead atoms. The number of nitrogens with zero attached hydrogens (tertiary/aromatic N) is 2. The van der Waals surface area contributed by atoms with Crippen LogP contribution < -0.4 is 5.32 Å². The zero-order chi connectivity index (χ0) is 16.2. The molecule has 122 valence electrons. The van der Waals surface area contributed by atoms with Crippen LogP contribution in [0.25, 0.3) is 10.2 Å². The minimum atomic E-state index is -0.205. The summed E-state index contributed by atoms with van der Waals surface area (Å²) in [7, 11) is 0. The molecule has 0 unspecified atom stereocenters. The summed E-state index contributed by atoms with van der Waals surface area (Å²) in [4.78, 5) is 30.3. The zero-order valence-electron chi connectivity index (χ0n) is 12.7. The molecule has 2 heterocycles.